The molecule has 1 heterocycles. The van der Waals surface area contributed by atoms with Crippen LogP contribution in [0.15, 0.2) is 48.8 Å². The molecule has 2 N–H and O–H groups in total. The zero-order valence-corrected chi connectivity index (χ0v) is 12.0. The molecule has 1 aromatic heterocycles. The van der Waals surface area contributed by atoms with E-state index in [9.17, 15) is 19.6 Å². The summed E-state index contributed by atoms with van der Waals surface area (Å²) >= 11 is 0. The van der Waals surface area contributed by atoms with Crippen LogP contribution in [0, 0.1) is 5.21 Å². The summed E-state index contributed by atoms with van der Waals surface area (Å²) in [7, 11) is 0. The number of carbonyl (C=O) groups is 3. The van der Waals surface area contributed by atoms with Gasteiger partial charge in [-0.05, 0) is 18.2 Å². The number of carboxylic acids is 2. The SMILES string of the molecule is CC(=O)Oc1ccccc1C(=O)O.O=C(O)c1ccc[n+]([O-])c1. The lowest BCUT2D eigenvalue weighted by Crippen LogP contribution is -2.25. The van der Waals surface area contributed by atoms with Crippen molar-refractivity contribution in [3.63, 3.8) is 0 Å². The number of para-hydroxylation sites is 1. The Morgan fingerprint density at radius 2 is 1.70 bits per heavy atom. The van der Waals surface area contributed by atoms with Gasteiger partial charge in [-0.2, -0.15) is 4.73 Å². The largest absolute Gasteiger partial charge is 0.619 e. The van der Waals surface area contributed by atoms with Crippen molar-refractivity contribution in [2.24, 2.45) is 0 Å². The molecule has 0 atom stereocenters. The quantitative estimate of drug-likeness (QED) is 0.378. The number of nitrogens with zero attached hydrogens (tertiary/aromatic N) is 1. The summed E-state index contributed by atoms with van der Waals surface area (Å²) < 4.78 is 5.13. The second-order valence-electron chi connectivity index (χ2n) is 4.15. The minimum Gasteiger partial charge on any atom is -0.619 e. The maximum absolute atomic E-state index is 10.6. The highest BCUT2D eigenvalue weighted by Crippen LogP contribution is 2.17. The smallest absolute Gasteiger partial charge is 0.341 e. The van der Waals surface area contributed by atoms with Gasteiger partial charge >= 0.3 is 17.9 Å². The number of hydrogen-bond donors (Lipinski definition) is 2. The average molecular weight is 319 g/mol. The van der Waals surface area contributed by atoms with Gasteiger partial charge in [-0.15, -0.1) is 0 Å². The van der Waals surface area contributed by atoms with Crippen LogP contribution < -0.4 is 9.47 Å². The number of ether oxygens (including phenoxy) is 1. The number of aromatic carboxylic acids is 2. The van der Waals surface area contributed by atoms with Gasteiger partial charge in [0.1, 0.15) is 16.9 Å². The third-order valence-electron chi connectivity index (χ3n) is 2.39. The van der Waals surface area contributed by atoms with Crippen molar-refractivity contribution in [2.45, 2.75) is 6.92 Å². The lowest BCUT2D eigenvalue weighted by molar-refractivity contribution is -0.605. The van der Waals surface area contributed by atoms with Gasteiger partial charge < -0.3 is 20.2 Å². The molecule has 2 aromatic rings. The molecule has 1 aromatic carbocycles. The van der Waals surface area contributed by atoms with Gasteiger partial charge in [0.2, 0.25) is 0 Å². The van der Waals surface area contributed by atoms with Crippen molar-refractivity contribution in [2.75, 3.05) is 0 Å². The summed E-state index contributed by atoms with van der Waals surface area (Å²) in [5.74, 6) is -2.67. The molecule has 8 nitrogen and oxygen atoms in total. The number of benzene rings is 1. The Morgan fingerprint density at radius 1 is 1.04 bits per heavy atom. The molecule has 0 amide bonds. The zero-order chi connectivity index (χ0) is 17.4. The Morgan fingerprint density at radius 3 is 2.17 bits per heavy atom. The first-order valence-electron chi connectivity index (χ1n) is 6.24. The monoisotopic (exact) mass is 319 g/mol. The molecule has 23 heavy (non-hydrogen) atoms. The zero-order valence-electron chi connectivity index (χ0n) is 12.0. The van der Waals surface area contributed by atoms with Crippen molar-refractivity contribution >= 4 is 17.9 Å². The number of carbonyl (C=O) groups excluding carboxylic acids is 1. The second kappa shape index (κ2) is 8.13. The van der Waals surface area contributed by atoms with Crippen LogP contribution in [-0.4, -0.2) is 28.1 Å². The van der Waals surface area contributed by atoms with Crippen LogP contribution >= 0.6 is 0 Å². The molecule has 0 unspecified atom stereocenters. The summed E-state index contributed by atoms with van der Waals surface area (Å²) in [5.41, 5.74) is -0.0183. The van der Waals surface area contributed by atoms with Gasteiger partial charge in [-0.1, -0.05) is 12.1 Å². The first-order valence-corrected chi connectivity index (χ1v) is 6.24. The van der Waals surface area contributed by atoms with Crippen molar-refractivity contribution in [3.8, 4) is 5.75 Å². The molecule has 0 fully saturated rings. The van der Waals surface area contributed by atoms with Crippen LogP contribution in [0.4, 0.5) is 0 Å². The molecular formula is C15H13NO7. The molecule has 120 valence electrons. The molecule has 0 saturated heterocycles. The molecule has 0 saturated carbocycles. The van der Waals surface area contributed by atoms with E-state index in [0.29, 0.717) is 4.73 Å². The minimum atomic E-state index is -1.11. The second-order valence-corrected chi connectivity index (χ2v) is 4.15. The predicted octanol–water partition coefficient (Wildman–Crippen LogP) is 1.33. The van der Waals surface area contributed by atoms with Crippen LogP contribution in [-0.2, 0) is 4.79 Å². The normalized spacial score (nSPS) is 9.26. The Balaban J connectivity index is 0.000000238. The maximum atomic E-state index is 10.6. The third-order valence-corrected chi connectivity index (χ3v) is 2.39. The van der Waals surface area contributed by atoms with Gasteiger partial charge in [0, 0.05) is 13.0 Å². The van der Waals surface area contributed by atoms with E-state index in [-0.39, 0.29) is 16.9 Å². The first kappa shape index (κ1) is 17.6. The Labute approximate surface area is 130 Å². The van der Waals surface area contributed by atoms with E-state index in [2.05, 4.69) is 4.74 Å². The molecule has 0 aliphatic heterocycles. The van der Waals surface area contributed by atoms with Gasteiger partial charge in [-0.25, -0.2) is 9.59 Å². The molecule has 0 aliphatic rings. The van der Waals surface area contributed by atoms with Crippen LogP contribution in [0.25, 0.3) is 0 Å². The first-order chi connectivity index (χ1) is 10.8. The van der Waals surface area contributed by atoms with E-state index in [4.69, 9.17) is 10.2 Å². The Kier molecular flexibility index (Phi) is 6.23. The highest BCUT2D eigenvalue weighted by atomic mass is 16.5. The highest BCUT2D eigenvalue weighted by molar-refractivity contribution is 5.91. The van der Waals surface area contributed by atoms with Crippen molar-refractivity contribution < 1.29 is 34.1 Å². The van der Waals surface area contributed by atoms with Gasteiger partial charge in [-0.3, -0.25) is 4.79 Å². The van der Waals surface area contributed by atoms with E-state index in [1.54, 1.807) is 12.1 Å². The van der Waals surface area contributed by atoms with E-state index in [1.807, 2.05) is 0 Å². The molecule has 0 bridgehead atoms. The summed E-state index contributed by atoms with van der Waals surface area (Å²) in [5, 5.41) is 27.5. The topological polar surface area (TPSA) is 128 Å². The number of pyridine rings is 1. The van der Waals surface area contributed by atoms with E-state index < -0.39 is 17.9 Å². The number of carboxylic acid groups (broad SMARTS) is 2. The molecule has 8 heteroatoms. The lowest BCUT2D eigenvalue weighted by Gasteiger charge is -2.03. The Bertz CT molecular complexity index is 727. The van der Waals surface area contributed by atoms with Gasteiger partial charge in [0.15, 0.2) is 12.4 Å². The molecule has 0 aliphatic carbocycles. The van der Waals surface area contributed by atoms with Crippen molar-refractivity contribution in [1.29, 1.82) is 0 Å². The van der Waals surface area contributed by atoms with Crippen LogP contribution in [0.2, 0.25) is 0 Å². The number of rotatable bonds is 3. The lowest BCUT2D eigenvalue weighted by atomic mass is 10.2. The fraction of sp³-hybridized carbons (Fsp3) is 0.0667. The van der Waals surface area contributed by atoms with Crippen molar-refractivity contribution in [3.05, 3.63) is 65.1 Å². The highest BCUT2D eigenvalue weighted by Gasteiger charge is 2.11. The molecule has 2 rings (SSSR count). The number of esters is 1. The third kappa shape index (κ3) is 5.84. The van der Waals surface area contributed by atoms with Crippen LogP contribution in [0.5, 0.6) is 5.75 Å². The minimum absolute atomic E-state index is 0.00231. The summed E-state index contributed by atoms with van der Waals surface area (Å²) in [4.78, 5) is 31.4. The van der Waals surface area contributed by atoms with Crippen molar-refractivity contribution in [1.82, 2.24) is 0 Å². The molecule has 0 spiro atoms. The van der Waals surface area contributed by atoms with Crippen LogP contribution in [0.3, 0.4) is 0 Å². The predicted molar refractivity (Wildman–Crippen MR) is 77.1 cm³/mol. The fourth-order valence-electron chi connectivity index (χ4n) is 1.47. The fourth-order valence-corrected chi connectivity index (χ4v) is 1.47. The van der Waals surface area contributed by atoms with Gasteiger partial charge in [0.05, 0.1) is 0 Å². The molecule has 0 radical (unpaired) electrons. The Hall–Kier alpha value is -3.42. The summed E-state index contributed by atoms with van der Waals surface area (Å²) in [6.45, 7) is 1.22. The van der Waals surface area contributed by atoms with Crippen LogP contribution in [0.1, 0.15) is 27.6 Å². The summed E-state index contributed by atoms with van der Waals surface area (Å²) in [6, 6.07) is 8.72. The van der Waals surface area contributed by atoms with E-state index >= 15 is 0 Å². The number of aromatic nitrogens is 1. The summed E-state index contributed by atoms with van der Waals surface area (Å²) in [6.07, 6.45) is 2.23. The maximum Gasteiger partial charge on any atom is 0.341 e. The number of hydrogen-bond acceptors (Lipinski definition) is 5. The van der Waals surface area contributed by atoms with E-state index in [1.165, 1.54) is 37.4 Å². The van der Waals surface area contributed by atoms with Gasteiger partial charge in [0.25, 0.3) is 0 Å². The average Bonchev–Trinajstić information content (AvgIpc) is 2.47. The standard InChI is InChI=1S/C9H8O4.C6H5NO3/c1-6(10)13-8-5-3-2-4-7(8)9(11)12;8-6(9)5-2-1-3-7(10)4-5/h2-5H,1H3,(H,11,12);1-4H,(H,8,9). The molecular weight excluding hydrogens is 306 g/mol. The van der Waals surface area contributed by atoms with E-state index in [0.717, 1.165) is 6.20 Å².